The Bertz CT molecular complexity index is 394. The molecule has 0 amide bonds. The normalized spacial score (nSPS) is 19.0. The van der Waals surface area contributed by atoms with Crippen molar-refractivity contribution in [2.24, 2.45) is 0 Å². The van der Waals surface area contributed by atoms with E-state index in [1.807, 2.05) is 0 Å². The van der Waals surface area contributed by atoms with Gasteiger partial charge in [-0.2, -0.15) is 0 Å². The van der Waals surface area contributed by atoms with Gasteiger partial charge in [-0.05, 0) is 24.5 Å². The van der Waals surface area contributed by atoms with Crippen molar-refractivity contribution in [3.63, 3.8) is 0 Å². The van der Waals surface area contributed by atoms with Gasteiger partial charge >= 0.3 is 0 Å². The molecule has 1 aliphatic carbocycles. The van der Waals surface area contributed by atoms with E-state index in [0.29, 0.717) is 12.8 Å². The molecule has 0 aromatic heterocycles. The second-order valence-electron chi connectivity index (χ2n) is 4.08. The number of rotatable bonds is 2. The Morgan fingerprint density at radius 2 is 2.00 bits per heavy atom. The van der Waals surface area contributed by atoms with E-state index in [2.05, 4.69) is 0 Å². The Labute approximate surface area is 91.7 Å². The molecule has 1 aromatic carbocycles. The van der Waals surface area contributed by atoms with Gasteiger partial charge in [0.05, 0.1) is 10.6 Å². The third kappa shape index (κ3) is 1.86. The van der Waals surface area contributed by atoms with Crippen LogP contribution in [0.1, 0.15) is 30.9 Å². The van der Waals surface area contributed by atoms with E-state index in [0.717, 1.165) is 6.92 Å². The summed E-state index contributed by atoms with van der Waals surface area (Å²) in [5.41, 5.74) is -1.06. The van der Waals surface area contributed by atoms with E-state index in [-0.39, 0.29) is 16.1 Å². The van der Waals surface area contributed by atoms with Crippen molar-refractivity contribution in [2.75, 3.05) is 0 Å². The lowest BCUT2D eigenvalue weighted by atomic mass is 9.96. The number of halogens is 3. The molecule has 0 heterocycles. The van der Waals surface area contributed by atoms with Crippen molar-refractivity contribution < 1.29 is 13.9 Å². The quantitative estimate of drug-likeness (QED) is 0.828. The molecule has 1 aromatic rings. The molecule has 1 N–H and O–H groups in total. The molecule has 1 fully saturated rings. The highest BCUT2D eigenvalue weighted by Crippen LogP contribution is 2.50. The van der Waals surface area contributed by atoms with Gasteiger partial charge in [0.25, 0.3) is 5.92 Å². The van der Waals surface area contributed by atoms with Crippen LogP contribution < -0.4 is 0 Å². The van der Waals surface area contributed by atoms with Crippen LogP contribution in [0.3, 0.4) is 0 Å². The van der Waals surface area contributed by atoms with Crippen LogP contribution in [0.25, 0.3) is 0 Å². The fourth-order valence-electron chi connectivity index (χ4n) is 1.75. The van der Waals surface area contributed by atoms with E-state index in [4.69, 9.17) is 11.6 Å². The molecule has 0 radical (unpaired) electrons. The molecule has 0 aliphatic heterocycles. The molecule has 82 valence electrons. The standard InChI is InChI=1S/C11H11ClF2O/c1-10(13,14)9-7(11(15)5-6-11)3-2-4-8(9)12/h2-4,15H,5-6H2,1H3. The molecule has 0 atom stereocenters. The number of benzene rings is 1. The topological polar surface area (TPSA) is 20.2 Å². The minimum absolute atomic E-state index is 0.0142. The van der Waals surface area contributed by atoms with Crippen LogP contribution in [0, 0.1) is 0 Å². The second kappa shape index (κ2) is 3.16. The maximum absolute atomic E-state index is 13.3. The first-order chi connectivity index (χ1) is 6.84. The van der Waals surface area contributed by atoms with E-state index in [1.165, 1.54) is 12.1 Å². The maximum atomic E-state index is 13.3. The zero-order valence-corrected chi connectivity index (χ0v) is 8.98. The first-order valence-electron chi connectivity index (χ1n) is 4.74. The first-order valence-corrected chi connectivity index (χ1v) is 5.12. The predicted molar refractivity (Wildman–Crippen MR) is 54.2 cm³/mol. The summed E-state index contributed by atoms with van der Waals surface area (Å²) in [7, 11) is 0. The number of alkyl halides is 2. The van der Waals surface area contributed by atoms with E-state index in [9.17, 15) is 13.9 Å². The number of aliphatic hydroxyl groups is 1. The Balaban J connectivity index is 2.60. The Morgan fingerprint density at radius 1 is 1.40 bits per heavy atom. The molecule has 0 spiro atoms. The predicted octanol–water partition coefficient (Wildman–Crippen LogP) is 3.43. The Morgan fingerprint density at radius 3 is 2.47 bits per heavy atom. The number of hydrogen-bond acceptors (Lipinski definition) is 1. The Hall–Kier alpha value is -0.670. The summed E-state index contributed by atoms with van der Waals surface area (Å²) in [5.74, 6) is -3.02. The summed E-state index contributed by atoms with van der Waals surface area (Å²) in [6.45, 7) is 0.795. The molecule has 4 heteroatoms. The maximum Gasteiger partial charge on any atom is 0.272 e. The van der Waals surface area contributed by atoms with Gasteiger partial charge in [-0.1, -0.05) is 23.7 Å². The van der Waals surface area contributed by atoms with Gasteiger partial charge in [0.15, 0.2) is 0 Å². The minimum Gasteiger partial charge on any atom is -0.385 e. The summed E-state index contributed by atoms with van der Waals surface area (Å²) in [6.07, 6.45) is 1.05. The fourth-order valence-corrected chi connectivity index (χ4v) is 2.09. The summed E-state index contributed by atoms with van der Waals surface area (Å²) in [4.78, 5) is 0. The van der Waals surface area contributed by atoms with Gasteiger partial charge < -0.3 is 5.11 Å². The number of hydrogen-bond donors (Lipinski definition) is 1. The largest absolute Gasteiger partial charge is 0.385 e. The van der Waals surface area contributed by atoms with E-state index in [1.54, 1.807) is 6.07 Å². The molecule has 1 aliphatic rings. The monoisotopic (exact) mass is 232 g/mol. The van der Waals surface area contributed by atoms with Gasteiger partial charge in [-0.25, -0.2) is 8.78 Å². The lowest BCUT2D eigenvalue weighted by molar-refractivity contribution is 0.0127. The van der Waals surface area contributed by atoms with Crippen LogP contribution in [0.15, 0.2) is 18.2 Å². The zero-order valence-electron chi connectivity index (χ0n) is 8.23. The van der Waals surface area contributed by atoms with E-state index < -0.39 is 11.5 Å². The third-order valence-electron chi connectivity index (χ3n) is 2.68. The molecule has 0 bridgehead atoms. The van der Waals surface area contributed by atoms with Crippen LogP contribution >= 0.6 is 11.6 Å². The molecule has 15 heavy (non-hydrogen) atoms. The molecule has 1 nitrogen and oxygen atoms in total. The minimum atomic E-state index is -3.02. The third-order valence-corrected chi connectivity index (χ3v) is 2.99. The van der Waals surface area contributed by atoms with Gasteiger partial charge in [0.1, 0.15) is 0 Å². The highest BCUT2D eigenvalue weighted by atomic mass is 35.5. The lowest BCUT2D eigenvalue weighted by Crippen LogP contribution is -2.17. The summed E-state index contributed by atoms with van der Waals surface area (Å²) in [5, 5.41) is 9.89. The smallest absolute Gasteiger partial charge is 0.272 e. The van der Waals surface area contributed by atoms with Crippen LogP contribution in [-0.2, 0) is 11.5 Å². The highest BCUT2D eigenvalue weighted by Gasteiger charge is 2.47. The lowest BCUT2D eigenvalue weighted by Gasteiger charge is -2.20. The average molecular weight is 233 g/mol. The molecular weight excluding hydrogens is 222 g/mol. The summed E-state index contributed by atoms with van der Waals surface area (Å²) in [6, 6.07) is 4.53. The van der Waals surface area contributed by atoms with Crippen molar-refractivity contribution in [3.05, 3.63) is 34.3 Å². The molecule has 0 saturated heterocycles. The SMILES string of the molecule is CC(F)(F)c1c(Cl)cccc1C1(O)CC1. The van der Waals surface area contributed by atoms with Gasteiger partial charge in [0.2, 0.25) is 0 Å². The Kier molecular flexibility index (Phi) is 2.28. The molecule has 1 saturated carbocycles. The van der Waals surface area contributed by atoms with Crippen LogP contribution in [0.2, 0.25) is 5.02 Å². The van der Waals surface area contributed by atoms with Crippen molar-refractivity contribution in [2.45, 2.75) is 31.3 Å². The molecule has 0 unspecified atom stereocenters. The molecule has 2 rings (SSSR count). The van der Waals surface area contributed by atoms with Crippen LogP contribution in [0.4, 0.5) is 8.78 Å². The van der Waals surface area contributed by atoms with Gasteiger partial charge in [-0.15, -0.1) is 0 Å². The molecular formula is C11H11ClF2O. The van der Waals surface area contributed by atoms with Gasteiger partial charge in [-0.3, -0.25) is 0 Å². The van der Waals surface area contributed by atoms with E-state index >= 15 is 0 Å². The highest BCUT2D eigenvalue weighted by molar-refractivity contribution is 6.31. The van der Waals surface area contributed by atoms with Crippen molar-refractivity contribution in [3.8, 4) is 0 Å². The fraction of sp³-hybridized carbons (Fsp3) is 0.455. The van der Waals surface area contributed by atoms with Crippen LogP contribution in [-0.4, -0.2) is 5.11 Å². The van der Waals surface area contributed by atoms with Crippen molar-refractivity contribution in [1.29, 1.82) is 0 Å². The second-order valence-corrected chi connectivity index (χ2v) is 4.49. The zero-order chi connectivity index (χ0) is 11.3. The summed E-state index contributed by atoms with van der Waals surface area (Å²) < 4.78 is 26.7. The van der Waals surface area contributed by atoms with Crippen molar-refractivity contribution in [1.82, 2.24) is 0 Å². The first kappa shape index (κ1) is 10.8. The average Bonchev–Trinajstić information content (AvgIpc) is 2.82. The van der Waals surface area contributed by atoms with Crippen molar-refractivity contribution >= 4 is 11.6 Å². The van der Waals surface area contributed by atoms with Gasteiger partial charge in [0, 0.05) is 12.5 Å². The summed E-state index contributed by atoms with van der Waals surface area (Å²) >= 11 is 5.76. The van der Waals surface area contributed by atoms with Crippen LogP contribution in [0.5, 0.6) is 0 Å².